The molecule has 1 aliphatic carbocycles. The average Bonchev–Trinajstić information content (AvgIpc) is 2.97. The number of hydrogen-bond donors (Lipinski definition) is 0. The Kier molecular flexibility index (Phi) is 4.76. The van der Waals surface area contributed by atoms with Crippen LogP contribution in [0, 0.1) is 0 Å². The van der Waals surface area contributed by atoms with Crippen LogP contribution in [0.2, 0.25) is 0 Å². The lowest BCUT2D eigenvalue weighted by Crippen LogP contribution is -2.41. The maximum absolute atomic E-state index is 12.3. The van der Waals surface area contributed by atoms with Crippen LogP contribution in [0.25, 0.3) is 0 Å². The Bertz CT molecular complexity index is 520. The monoisotopic (exact) mass is 306 g/mol. The van der Waals surface area contributed by atoms with E-state index in [1.165, 1.54) is 19.3 Å². The summed E-state index contributed by atoms with van der Waals surface area (Å²) in [6.07, 6.45) is 6.22. The van der Waals surface area contributed by atoms with Gasteiger partial charge in [0.05, 0.1) is 12.6 Å². The van der Waals surface area contributed by atoms with Gasteiger partial charge in [0.1, 0.15) is 12.4 Å². The van der Waals surface area contributed by atoms with Crippen molar-refractivity contribution in [3.8, 4) is 0 Å². The Labute approximate surface area is 131 Å². The van der Waals surface area contributed by atoms with Crippen LogP contribution in [-0.2, 0) is 22.6 Å². The molecule has 0 unspecified atom stereocenters. The molecule has 0 aromatic carbocycles. The third-order valence-electron chi connectivity index (χ3n) is 4.65. The summed E-state index contributed by atoms with van der Waals surface area (Å²) >= 11 is 0. The molecule has 22 heavy (non-hydrogen) atoms. The van der Waals surface area contributed by atoms with Crippen LogP contribution < -0.4 is 0 Å². The van der Waals surface area contributed by atoms with E-state index in [-0.39, 0.29) is 18.6 Å². The fraction of sp³-hybridized carbons (Fsp3) is 0.812. The second kappa shape index (κ2) is 6.77. The van der Waals surface area contributed by atoms with E-state index < -0.39 is 0 Å². The Balaban J connectivity index is 1.54. The lowest BCUT2D eigenvalue weighted by atomic mass is 9.98. The van der Waals surface area contributed by atoms with Gasteiger partial charge in [-0.1, -0.05) is 33.1 Å². The van der Waals surface area contributed by atoms with Crippen LogP contribution in [0.1, 0.15) is 63.5 Å². The smallest absolute Gasteiger partial charge is 0.249 e. The zero-order valence-corrected chi connectivity index (χ0v) is 13.6. The third-order valence-corrected chi connectivity index (χ3v) is 4.65. The Hall–Kier alpha value is -1.43. The minimum atomic E-state index is 0.0749. The van der Waals surface area contributed by atoms with Gasteiger partial charge in [-0.3, -0.25) is 4.79 Å². The van der Waals surface area contributed by atoms with Gasteiger partial charge in [0.2, 0.25) is 5.91 Å². The number of ether oxygens (including phenoxy) is 1. The quantitative estimate of drug-likeness (QED) is 0.854. The van der Waals surface area contributed by atoms with E-state index in [1.54, 1.807) is 0 Å². The van der Waals surface area contributed by atoms with Gasteiger partial charge in [0, 0.05) is 19.0 Å². The number of hydrogen-bond acceptors (Lipinski definition) is 4. The molecule has 3 rings (SSSR count). The maximum Gasteiger partial charge on any atom is 0.249 e. The average molecular weight is 306 g/mol. The Morgan fingerprint density at radius 1 is 1.23 bits per heavy atom. The largest absolute Gasteiger partial charge is 0.368 e. The first-order valence-electron chi connectivity index (χ1n) is 8.46. The minimum absolute atomic E-state index is 0.0749. The molecule has 0 saturated heterocycles. The summed E-state index contributed by atoms with van der Waals surface area (Å²) in [6.45, 7) is 6.49. The molecule has 6 heteroatoms. The highest BCUT2D eigenvalue weighted by molar-refractivity contribution is 5.77. The number of amides is 1. The standard InChI is InChI=1S/C16H26N4O2/c1-12(2)16-18-17-14-10-19(8-9-20(14)16)15(21)11-22-13-6-4-3-5-7-13/h12-13H,3-11H2,1-2H3. The van der Waals surface area contributed by atoms with E-state index in [0.717, 1.165) is 37.6 Å². The first-order valence-corrected chi connectivity index (χ1v) is 8.46. The molecule has 2 heterocycles. The van der Waals surface area contributed by atoms with Crippen LogP contribution in [0.3, 0.4) is 0 Å². The lowest BCUT2D eigenvalue weighted by Gasteiger charge is -2.29. The van der Waals surface area contributed by atoms with Crippen molar-refractivity contribution in [2.75, 3.05) is 13.2 Å². The van der Waals surface area contributed by atoms with E-state index in [2.05, 4.69) is 28.6 Å². The maximum atomic E-state index is 12.3. The van der Waals surface area contributed by atoms with Crippen LogP contribution >= 0.6 is 0 Å². The van der Waals surface area contributed by atoms with Crippen molar-refractivity contribution in [2.24, 2.45) is 0 Å². The summed E-state index contributed by atoms with van der Waals surface area (Å²) < 4.78 is 7.94. The Morgan fingerprint density at radius 2 is 2.00 bits per heavy atom. The molecular weight excluding hydrogens is 280 g/mol. The van der Waals surface area contributed by atoms with Crippen LogP contribution in [-0.4, -0.2) is 44.8 Å². The fourth-order valence-corrected chi connectivity index (χ4v) is 3.33. The molecule has 0 radical (unpaired) electrons. The molecule has 1 fully saturated rings. The summed E-state index contributed by atoms with van der Waals surface area (Å²) in [5.74, 6) is 2.34. The van der Waals surface area contributed by atoms with E-state index in [0.29, 0.717) is 12.5 Å². The summed E-state index contributed by atoms with van der Waals surface area (Å²) in [5.41, 5.74) is 0. The third kappa shape index (κ3) is 3.32. The topological polar surface area (TPSA) is 60.2 Å². The van der Waals surface area contributed by atoms with E-state index in [1.807, 2.05) is 4.90 Å². The van der Waals surface area contributed by atoms with Crippen LogP contribution in [0.15, 0.2) is 0 Å². The predicted molar refractivity (Wildman–Crippen MR) is 82.4 cm³/mol. The second-order valence-corrected chi connectivity index (χ2v) is 6.67. The van der Waals surface area contributed by atoms with Gasteiger partial charge in [-0.15, -0.1) is 10.2 Å². The molecule has 0 N–H and O–H groups in total. The SMILES string of the molecule is CC(C)c1nnc2n1CCN(C(=O)COC1CCCCC1)C2. The minimum Gasteiger partial charge on any atom is -0.368 e. The number of rotatable bonds is 4. The molecule has 1 amide bonds. The van der Waals surface area contributed by atoms with Gasteiger partial charge in [-0.2, -0.15) is 0 Å². The highest BCUT2D eigenvalue weighted by Gasteiger charge is 2.26. The van der Waals surface area contributed by atoms with Crippen molar-refractivity contribution >= 4 is 5.91 Å². The first-order chi connectivity index (χ1) is 10.6. The molecule has 1 aromatic heterocycles. The van der Waals surface area contributed by atoms with Gasteiger partial charge >= 0.3 is 0 Å². The molecule has 0 bridgehead atoms. The zero-order valence-electron chi connectivity index (χ0n) is 13.6. The highest BCUT2D eigenvalue weighted by atomic mass is 16.5. The van der Waals surface area contributed by atoms with E-state index >= 15 is 0 Å². The Morgan fingerprint density at radius 3 is 2.73 bits per heavy atom. The van der Waals surface area contributed by atoms with Gasteiger partial charge in [0.25, 0.3) is 0 Å². The van der Waals surface area contributed by atoms with Gasteiger partial charge in [-0.05, 0) is 12.8 Å². The first kappa shape index (κ1) is 15.5. The summed E-state index contributed by atoms with van der Waals surface area (Å²) in [4.78, 5) is 14.2. The van der Waals surface area contributed by atoms with Crippen molar-refractivity contribution in [1.82, 2.24) is 19.7 Å². The number of aromatic nitrogens is 3. The van der Waals surface area contributed by atoms with Gasteiger partial charge < -0.3 is 14.2 Å². The number of nitrogens with zero attached hydrogens (tertiary/aromatic N) is 4. The zero-order chi connectivity index (χ0) is 15.5. The summed E-state index contributed by atoms with van der Waals surface area (Å²) in [5, 5.41) is 8.49. The molecule has 1 aliphatic heterocycles. The number of fused-ring (bicyclic) bond motifs is 1. The highest BCUT2D eigenvalue weighted by Crippen LogP contribution is 2.21. The summed E-state index contributed by atoms with van der Waals surface area (Å²) in [7, 11) is 0. The van der Waals surface area contributed by atoms with Gasteiger partial charge in [-0.25, -0.2) is 0 Å². The van der Waals surface area contributed by atoms with Crippen molar-refractivity contribution in [2.45, 2.75) is 71.1 Å². The van der Waals surface area contributed by atoms with Crippen molar-refractivity contribution in [3.63, 3.8) is 0 Å². The molecule has 122 valence electrons. The van der Waals surface area contributed by atoms with Crippen molar-refractivity contribution in [1.29, 1.82) is 0 Å². The van der Waals surface area contributed by atoms with Crippen molar-refractivity contribution in [3.05, 3.63) is 11.6 Å². The van der Waals surface area contributed by atoms with Crippen molar-refractivity contribution < 1.29 is 9.53 Å². The van der Waals surface area contributed by atoms with E-state index in [4.69, 9.17) is 4.74 Å². The second-order valence-electron chi connectivity index (χ2n) is 6.67. The predicted octanol–water partition coefficient (Wildman–Crippen LogP) is 2.09. The fourth-order valence-electron chi connectivity index (χ4n) is 3.33. The molecule has 0 spiro atoms. The number of carbonyl (C=O) groups is 1. The molecule has 2 aliphatic rings. The molecule has 0 atom stereocenters. The molecule has 1 saturated carbocycles. The molecular formula is C16H26N4O2. The van der Waals surface area contributed by atoms with Gasteiger partial charge in [0.15, 0.2) is 5.82 Å². The number of carbonyl (C=O) groups excluding carboxylic acids is 1. The molecule has 6 nitrogen and oxygen atoms in total. The van der Waals surface area contributed by atoms with E-state index in [9.17, 15) is 4.79 Å². The summed E-state index contributed by atoms with van der Waals surface area (Å²) in [6, 6.07) is 0. The van der Waals surface area contributed by atoms with Crippen LogP contribution in [0.4, 0.5) is 0 Å². The normalized spacial score (nSPS) is 19.5. The van der Waals surface area contributed by atoms with Crippen LogP contribution in [0.5, 0.6) is 0 Å². The molecule has 1 aromatic rings. The lowest BCUT2D eigenvalue weighted by molar-refractivity contribution is -0.140.